The molecule has 5 nitrogen and oxygen atoms in total. The SMILES string of the molecule is CCOCc1nc(Cl)cc(NCC(C)(C)CCOC)n1. The highest BCUT2D eigenvalue weighted by Crippen LogP contribution is 2.21. The molecule has 0 bridgehead atoms. The largest absolute Gasteiger partial charge is 0.385 e. The lowest BCUT2D eigenvalue weighted by Crippen LogP contribution is -2.25. The molecule has 0 spiro atoms. The average Bonchev–Trinajstić information content (AvgIpc) is 2.40. The Balaban J connectivity index is 2.60. The monoisotopic (exact) mass is 301 g/mol. The normalized spacial score (nSPS) is 11.7. The molecule has 0 atom stereocenters. The fourth-order valence-corrected chi connectivity index (χ4v) is 1.81. The summed E-state index contributed by atoms with van der Waals surface area (Å²) < 4.78 is 10.4. The van der Waals surface area contributed by atoms with E-state index < -0.39 is 0 Å². The Bertz CT molecular complexity index is 413. The Hall–Kier alpha value is -0.910. The number of halogens is 1. The van der Waals surface area contributed by atoms with Crippen molar-refractivity contribution in [2.24, 2.45) is 5.41 Å². The van der Waals surface area contributed by atoms with Gasteiger partial charge in [-0.1, -0.05) is 25.4 Å². The molecular formula is C14H24ClN3O2. The fourth-order valence-electron chi connectivity index (χ4n) is 1.61. The van der Waals surface area contributed by atoms with Crippen LogP contribution in [0.5, 0.6) is 0 Å². The lowest BCUT2D eigenvalue weighted by atomic mass is 9.90. The number of methoxy groups -OCH3 is 1. The number of rotatable bonds is 9. The highest BCUT2D eigenvalue weighted by Gasteiger charge is 2.17. The number of ether oxygens (including phenoxy) is 2. The number of aromatic nitrogens is 2. The molecule has 0 saturated carbocycles. The van der Waals surface area contributed by atoms with Gasteiger partial charge in [-0.25, -0.2) is 9.97 Å². The van der Waals surface area contributed by atoms with E-state index in [2.05, 4.69) is 29.1 Å². The van der Waals surface area contributed by atoms with Crippen molar-refractivity contribution in [1.82, 2.24) is 9.97 Å². The predicted octanol–water partition coefficient (Wildman–Crippen LogP) is 3.14. The predicted molar refractivity (Wildman–Crippen MR) is 81.1 cm³/mol. The molecule has 0 aliphatic rings. The number of hydrogen-bond donors (Lipinski definition) is 1. The quantitative estimate of drug-likeness (QED) is 0.710. The summed E-state index contributed by atoms with van der Waals surface area (Å²) in [7, 11) is 1.72. The van der Waals surface area contributed by atoms with E-state index in [0.717, 1.165) is 25.4 Å². The molecule has 0 radical (unpaired) electrons. The van der Waals surface area contributed by atoms with Gasteiger partial charge in [0.2, 0.25) is 0 Å². The molecule has 1 heterocycles. The second kappa shape index (κ2) is 8.39. The average molecular weight is 302 g/mol. The molecule has 6 heteroatoms. The van der Waals surface area contributed by atoms with Crippen LogP contribution in [0.1, 0.15) is 33.0 Å². The summed E-state index contributed by atoms with van der Waals surface area (Å²) >= 11 is 6.00. The summed E-state index contributed by atoms with van der Waals surface area (Å²) in [5.74, 6) is 1.32. The van der Waals surface area contributed by atoms with Gasteiger partial charge in [0.1, 0.15) is 17.6 Å². The smallest absolute Gasteiger partial charge is 0.158 e. The summed E-state index contributed by atoms with van der Waals surface area (Å²) in [6.07, 6.45) is 0.973. The van der Waals surface area contributed by atoms with Gasteiger partial charge in [-0.3, -0.25) is 0 Å². The van der Waals surface area contributed by atoms with Crippen LogP contribution >= 0.6 is 11.6 Å². The van der Waals surface area contributed by atoms with E-state index >= 15 is 0 Å². The van der Waals surface area contributed by atoms with Crippen molar-refractivity contribution in [3.63, 3.8) is 0 Å². The molecule has 1 aromatic rings. The molecule has 1 rings (SSSR count). The summed E-state index contributed by atoms with van der Waals surface area (Å²) in [5.41, 5.74) is 0.119. The lowest BCUT2D eigenvalue weighted by Gasteiger charge is -2.24. The number of hydrogen-bond acceptors (Lipinski definition) is 5. The minimum atomic E-state index is 0.119. The van der Waals surface area contributed by atoms with Gasteiger partial charge in [0.15, 0.2) is 5.82 Å². The van der Waals surface area contributed by atoms with Gasteiger partial charge in [0.05, 0.1) is 0 Å². The van der Waals surface area contributed by atoms with E-state index in [-0.39, 0.29) is 5.41 Å². The van der Waals surface area contributed by atoms with Crippen LogP contribution in [-0.4, -0.2) is 36.8 Å². The molecule has 1 aromatic heterocycles. The van der Waals surface area contributed by atoms with Gasteiger partial charge in [0, 0.05) is 32.9 Å². The lowest BCUT2D eigenvalue weighted by molar-refractivity contribution is 0.128. The van der Waals surface area contributed by atoms with Crippen molar-refractivity contribution in [1.29, 1.82) is 0 Å². The van der Waals surface area contributed by atoms with Crippen molar-refractivity contribution in [3.05, 3.63) is 17.0 Å². The van der Waals surface area contributed by atoms with E-state index in [0.29, 0.717) is 24.2 Å². The topological polar surface area (TPSA) is 56.3 Å². The van der Waals surface area contributed by atoms with Gasteiger partial charge < -0.3 is 14.8 Å². The van der Waals surface area contributed by atoms with E-state index in [1.165, 1.54) is 0 Å². The minimum absolute atomic E-state index is 0.119. The van der Waals surface area contributed by atoms with Crippen LogP contribution in [0.25, 0.3) is 0 Å². The summed E-state index contributed by atoms with van der Waals surface area (Å²) in [6, 6.07) is 1.73. The van der Waals surface area contributed by atoms with Crippen LogP contribution in [0.4, 0.5) is 5.82 Å². The van der Waals surface area contributed by atoms with Crippen LogP contribution in [0.2, 0.25) is 5.15 Å². The first-order chi connectivity index (χ1) is 9.46. The minimum Gasteiger partial charge on any atom is -0.385 e. The number of anilines is 1. The second-order valence-corrected chi connectivity index (χ2v) is 5.78. The van der Waals surface area contributed by atoms with Crippen molar-refractivity contribution in [2.75, 3.05) is 32.2 Å². The Morgan fingerprint density at radius 1 is 1.35 bits per heavy atom. The molecule has 0 saturated heterocycles. The second-order valence-electron chi connectivity index (χ2n) is 5.39. The molecule has 0 aliphatic heterocycles. The molecule has 0 unspecified atom stereocenters. The maximum atomic E-state index is 6.00. The summed E-state index contributed by atoms with van der Waals surface area (Å²) in [6.45, 7) is 8.84. The van der Waals surface area contributed by atoms with Gasteiger partial charge in [-0.15, -0.1) is 0 Å². The molecule has 0 fully saturated rings. The van der Waals surface area contributed by atoms with Crippen LogP contribution in [0.15, 0.2) is 6.07 Å². The fraction of sp³-hybridized carbons (Fsp3) is 0.714. The molecule has 0 aromatic carbocycles. The zero-order valence-electron chi connectivity index (χ0n) is 12.7. The third-order valence-corrected chi connectivity index (χ3v) is 3.10. The molecular weight excluding hydrogens is 278 g/mol. The first-order valence-electron chi connectivity index (χ1n) is 6.81. The van der Waals surface area contributed by atoms with Crippen LogP contribution < -0.4 is 5.32 Å². The highest BCUT2D eigenvalue weighted by atomic mass is 35.5. The molecule has 20 heavy (non-hydrogen) atoms. The van der Waals surface area contributed by atoms with Crippen LogP contribution in [-0.2, 0) is 16.1 Å². The Morgan fingerprint density at radius 2 is 2.10 bits per heavy atom. The van der Waals surface area contributed by atoms with Crippen molar-refractivity contribution >= 4 is 17.4 Å². The van der Waals surface area contributed by atoms with Crippen molar-refractivity contribution < 1.29 is 9.47 Å². The van der Waals surface area contributed by atoms with Gasteiger partial charge in [-0.2, -0.15) is 0 Å². The Morgan fingerprint density at radius 3 is 2.75 bits per heavy atom. The van der Waals surface area contributed by atoms with E-state index in [4.69, 9.17) is 21.1 Å². The zero-order chi connectivity index (χ0) is 15.0. The van der Waals surface area contributed by atoms with Crippen molar-refractivity contribution in [3.8, 4) is 0 Å². The molecule has 1 N–H and O–H groups in total. The van der Waals surface area contributed by atoms with E-state index in [9.17, 15) is 0 Å². The summed E-state index contributed by atoms with van der Waals surface area (Å²) in [5, 5.41) is 3.73. The first-order valence-corrected chi connectivity index (χ1v) is 7.18. The van der Waals surface area contributed by atoms with Gasteiger partial charge >= 0.3 is 0 Å². The van der Waals surface area contributed by atoms with E-state index in [1.54, 1.807) is 13.2 Å². The maximum absolute atomic E-state index is 6.00. The molecule has 0 aliphatic carbocycles. The highest BCUT2D eigenvalue weighted by molar-refractivity contribution is 6.29. The third-order valence-electron chi connectivity index (χ3n) is 2.91. The number of nitrogens with zero attached hydrogens (tertiary/aromatic N) is 2. The Labute approximate surface area is 126 Å². The third kappa shape index (κ3) is 6.50. The zero-order valence-corrected chi connectivity index (χ0v) is 13.5. The first kappa shape index (κ1) is 17.1. The standard InChI is InChI=1S/C14H24ClN3O2/c1-5-20-9-13-17-11(15)8-12(18-13)16-10-14(2,3)6-7-19-4/h8H,5-7,9-10H2,1-4H3,(H,16,17,18). The Kier molecular flexibility index (Phi) is 7.19. The number of nitrogens with one attached hydrogen (secondary N) is 1. The molecule has 114 valence electrons. The van der Waals surface area contributed by atoms with Crippen LogP contribution in [0.3, 0.4) is 0 Å². The van der Waals surface area contributed by atoms with Crippen molar-refractivity contribution in [2.45, 2.75) is 33.8 Å². The van der Waals surface area contributed by atoms with Crippen LogP contribution in [0, 0.1) is 5.41 Å². The van der Waals surface area contributed by atoms with E-state index in [1.807, 2.05) is 6.92 Å². The van der Waals surface area contributed by atoms with Gasteiger partial charge in [0.25, 0.3) is 0 Å². The maximum Gasteiger partial charge on any atom is 0.158 e. The summed E-state index contributed by atoms with van der Waals surface area (Å²) in [4.78, 5) is 8.53. The molecule has 0 amide bonds. The van der Waals surface area contributed by atoms with Gasteiger partial charge in [-0.05, 0) is 18.8 Å².